The Bertz CT molecular complexity index is 862. The van der Waals surface area contributed by atoms with Gasteiger partial charge in [0.15, 0.2) is 0 Å². The first-order valence-electron chi connectivity index (χ1n) is 11.8. The van der Waals surface area contributed by atoms with E-state index in [1.807, 2.05) is 45.4 Å². The lowest BCUT2D eigenvalue weighted by Gasteiger charge is -2.19. The minimum absolute atomic E-state index is 0.500. The number of alkyl halides is 1. The fourth-order valence-corrected chi connectivity index (χ4v) is 3.56. The number of aromatic amines is 1. The highest BCUT2D eigenvalue weighted by Crippen LogP contribution is 2.28. The van der Waals surface area contributed by atoms with Crippen LogP contribution in [0.2, 0.25) is 0 Å². The van der Waals surface area contributed by atoms with Crippen molar-refractivity contribution in [3.63, 3.8) is 0 Å². The second-order valence-electron chi connectivity index (χ2n) is 7.65. The van der Waals surface area contributed by atoms with Crippen molar-refractivity contribution in [2.75, 3.05) is 66.4 Å². The fraction of sp³-hybridized carbons (Fsp3) is 0.429. The molecule has 5 nitrogen and oxygen atoms in total. The quantitative estimate of drug-likeness (QED) is 0.314. The van der Waals surface area contributed by atoms with E-state index in [2.05, 4.69) is 78.0 Å². The lowest BCUT2D eigenvalue weighted by atomic mass is 10.0. The standard InChI is InChI=1S/C19H22N2.C8H21N3.CH3F/c1-6-15(17-10-8-9-11-18(17)20-5)12-19-13(3)16(7-2)14(4)21-19;1-4-11(7-5-9-2)8-6-10-3;1-2/h6-12,20-21H,1-2H2,3-5H3;9-10H,4-8H2,1-3H3;1H3/b15-12+;;. The average molecular weight is 472 g/mol. The summed E-state index contributed by atoms with van der Waals surface area (Å²) in [6, 6.07) is 8.22. The molecular formula is C28H46FN5. The highest BCUT2D eigenvalue weighted by atomic mass is 19.1. The summed E-state index contributed by atoms with van der Waals surface area (Å²) in [6.45, 7) is 19.8. The molecule has 190 valence electrons. The summed E-state index contributed by atoms with van der Waals surface area (Å²) in [7, 11) is 6.41. The number of aromatic nitrogens is 1. The van der Waals surface area contributed by atoms with Crippen molar-refractivity contribution < 1.29 is 4.39 Å². The van der Waals surface area contributed by atoms with Gasteiger partial charge in [-0.2, -0.15) is 0 Å². The molecule has 0 saturated carbocycles. The maximum absolute atomic E-state index is 9.50. The topological polar surface area (TPSA) is 55.1 Å². The van der Waals surface area contributed by atoms with Crippen LogP contribution < -0.4 is 16.0 Å². The summed E-state index contributed by atoms with van der Waals surface area (Å²) in [6.07, 6.45) is 5.92. The Morgan fingerprint density at radius 1 is 1.03 bits per heavy atom. The number of halogens is 1. The molecule has 1 aromatic carbocycles. The van der Waals surface area contributed by atoms with Gasteiger partial charge in [-0.15, -0.1) is 0 Å². The van der Waals surface area contributed by atoms with Gasteiger partial charge in [-0.05, 0) is 63.3 Å². The zero-order chi connectivity index (χ0) is 25.9. The van der Waals surface area contributed by atoms with Gasteiger partial charge in [0.25, 0.3) is 0 Å². The summed E-state index contributed by atoms with van der Waals surface area (Å²) in [4.78, 5) is 5.84. The van der Waals surface area contributed by atoms with Gasteiger partial charge in [-0.3, -0.25) is 4.39 Å². The van der Waals surface area contributed by atoms with Crippen LogP contribution in [0.15, 0.2) is 43.5 Å². The molecule has 0 atom stereocenters. The summed E-state index contributed by atoms with van der Waals surface area (Å²) in [5.41, 5.74) is 7.94. The van der Waals surface area contributed by atoms with Gasteiger partial charge in [-0.1, -0.05) is 50.4 Å². The van der Waals surface area contributed by atoms with Crippen LogP contribution in [0.25, 0.3) is 17.7 Å². The predicted octanol–water partition coefficient (Wildman–Crippen LogP) is 5.38. The number of aryl methyl sites for hydroxylation is 1. The summed E-state index contributed by atoms with van der Waals surface area (Å²) >= 11 is 0. The van der Waals surface area contributed by atoms with E-state index in [1.165, 1.54) is 11.1 Å². The van der Waals surface area contributed by atoms with Gasteiger partial charge in [0.2, 0.25) is 0 Å². The first kappa shape index (κ1) is 31.3. The molecule has 0 aliphatic heterocycles. The zero-order valence-corrected chi connectivity index (χ0v) is 22.3. The molecule has 2 rings (SSSR count). The van der Waals surface area contributed by atoms with Crippen LogP contribution >= 0.6 is 0 Å². The Morgan fingerprint density at radius 2 is 1.62 bits per heavy atom. The van der Waals surface area contributed by atoms with Crippen LogP contribution in [-0.4, -0.2) is 70.9 Å². The van der Waals surface area contributed by atoms with Crippen LogP contribution in [0.3, 0.4) is 0 Å². The van der Waals surface area contributed by atoms with Gasteiger partial charge in [0.1, 0.15) is 0 Å². The number of benzene rings is 1. The van der Waals surface area contributed by atoms with E-state index in [4.69, 9.17) is 0 Å². The number of H-pyrrole nitrogens is 1. The Kier molecular flexibility index (Phi) is 17.3. The molecule has 0 spiro atoms. The van der Waals surface area contributed by atoms with E-state index in [9.17, 15) is 4.39 Å². The highest BCUT2D eigenvalue weighted by Gasteiger charge is 2.09. The van der Waals surface area contributed by atoms with Gasteiger partial charge < -0.3 is 25.8 Å². The third-order valence-electron chi connectivity index (χ3n) is 5.57. The van der Waals surface area contributed by atoms with E-state index in [1.54, 1.807) is 0 Å². The van der Waals surface area contributed by atoms with Crippen molar-refractivity contribution >= 4 is 23.4 Å². The molecule has 0 amide bonds. The molecule has 0 bridgehead atoms. The lowest BCUT2D eigenvalue weighted by Crippen LogP contribution is -2.35. The van der Waals surface area contributed by atoms with Gasteiger partial charge in [-0.25, -0.2) is 0 Å². The second-order valence-corrected chi connectivity index (χ2v) is 7.65. The predicted molar refractivity (Wildman–Crippen MR) is 151 cm³/mol. The van der Waals surface area contributed by atoms with Crippen LogP contribution in [0.1, 0.15) is 35.0 Å². The third-order valence-corrected chi connectivity index (χ3v) is 5.57. The van der Waals surface area contributed by atoms with Gasteiger partial charge in [0, 0.05) is 55.9 Å². The molecule has 0 aliphatic rings. The number of nitrogens with zero attached hydrogens (tertiary/aromatic N) is 1. The van der Waals surface area contributed by atoms with Crippen LogP contribution in [0.5, 0.6) is 0 Å². The minimum Gasteiger partial charge on any atom is -0.388 e. The van der Waals surface area contributed by atoms with Crippen LogP contribution in [0, 0.1) is 13.8 Å². The maximum atomic E-state index is 9.50. The number of hydrogen-bond donors (Lipinski definition) is 4. The number of likely N-dealkylation sites (N-methyl/N-ethyl adjacent to an activating group) is 3. The van der Waals surface area contributed by atoms with Crippen molar-refractivity contribution in [3.8, 4) is 0 Å². The molecule has 0 fully saturated rings. The molecule has 1 aromatic heterocycles. The third kappa shape index (κ3) is 10.1. The zero-order valence-electron chi connectivity index (χ0n) is 22.3. The number of para-hydroxylation sites is 1. The molecule has 2 aromatic rings. The van der Waals surface area contributed by atoms with Gasteiger partial charge in [0.05, 0.1) is 7.18 Å². The minimum atomic E-state index is 0.500. The van der Waals surface area contributed by atoms with Crippen molar-refractivity contribution in [1.29, 1.82) is 0 Å². The van der Waals surface area contributed by atoms with E-state index < -0.39 is 0 Å². The number of nitrogens with one attached hydrogen (secondary N) is 4. The number of anilines is 1. The monoisotopic (exact) mass is 471 g/mol. The van der Waals surface area contributed by atoms with Crippen LogP contribution in [0.4, 0.5) is 10.1 Å². The smallest absolute Gasteiger partial charge is 0.0785 e. The van der Waals surface area contributed by atoms with Crippen molar-refractivity contribution in [3.05, 3.63) is 71.6 Å². The SMILES string of the molecule is C=C/C(=C\c1[nH]c(C)c(C=C)c1C)c1ccccc1NC.CCN(CCNC)CCNC.CF. The summed E-state index contributed by atoms with van der Waals surface area (Å²) in [5.74, 6) is 0. The molecule has 0 unspecified atom stereocenters. The van der Waals surface area contributed by atoms with E-state index in [-0.39, 0.29) is 0 Å². The summed E-state index contributed by atoms with van der Waals surface area (Å²) < 4.78 is 9.50. The summed E-state index contributed by atoms with van der Waals surface area (Å²) in [5, 5.41) is 9.52. The van der Waals surface area contributed by atoms with E-state index in [0.717, 1.165) is 60.9 Å². The molecule has 4 N–H and O–H groups in total. The Labute approximate surface area is 207 Å². The molecule has 1 heterocycles. The van der Waals surface area contributed by atoms with E-state index >= 15 is 0 Å². The fourth-order valence-electron chi connectivity index (χ4n) is 3.56. The lowest BCUT2D eigenvalue weighted by molar-refractivity contribution is 0.291. The average Bonchev–Trinajstić information content (AvgIpc) is 3.15. The Balaban J connectivity index is 0.000000712. The highest BCUT2D eigenvalue weighted by molar-refractivity contribution is 5.92. The molecule has 34 heavy (non-hydrogen) atoms. The first-order chi connectivity index (χ1) is 16.5. The number of hydrogen-bond acceptors (Lipinski definition) is 4. The van der Waals surface area contributed by atoms with Crippen molar-refractivity contribution in [2.24, 2.45) is 0 Å². The maximum Gasteiger partial charge on any atom is 0.0785 e. The van der Waals surface area contributed by atoms with Crippen LogP contribution in [-0.2, 0) is 0 Å². The Morgan fingerprint density at radius 3 is 2.06 bits per heavy atom. The molecule has 0 aliphatic carbocycles. The van der Waals surface area contributed by atoms with Gasteiger partial charge >= 0.3 is 0 Å². The Hall–Kier alpha value is -2.67. The number of rotatable bonds is 12. The van der Waals surface area contributed by atoms with Crippen molar-refractivity contribution in [1.82, 2.24) is 20.5 Å². The second kappa shape index (κ2) is 18.7. The van der Waals surface area contributed by atoms with E-state index in [0.29, 0.717) is 7.18 Å². The van der Waals surface area contributed by atoms with Crippen molar-refractivity contribution in [2.45, 2.75) is 20.8 Å². The number of allylic oxidation sites excluding steroid dienone is 2. The molecule has 0 radical (unpaired) electrons. The normalized spacial score (nSPS) is 10.7. The first-order valence-corrected chi connectivity index (χ1v) is 11.8. The largest absolute Gasteiger partial charge is 0.388 e. The molecule has 0 saturated heterocycles. The molecular weight excluding hydrogens is 425 g/mol. The molecule has 6 heteroatoms.